The summed E-state index contributed by atoms with van der Waals surface area (Å²) < 4.78 is 0. The molecule has 0 aliphatic heterocycles. The quantitative estimate of drug-likeness (QED) is 0.783. The molecule has 3 aliphatic rings. The van der Waals surface area contributed by atoms with Crippen molar-refractivity contribution in [2.24, 2.45) is 23.7 Å². The van der Waals surface area contributed by atoms with Crippen LogP contribution in [0.25, 0.3) is 0 Å². The Bertz CT molecular complexity index is 256. The number of nitrogens with one attached hydrogen (secondary N) is 1. The molecule has 3 saturated carbocycles. The third-order valence-corrected chi connectivity index (χ3v) is 6.33. The fraction of sp³-hybridized carbons (Fsp3) is 1.00. The van der Waals surface area contributed by atoms with E-state index in [9.17, 15) is 0 Å². The Labute approximate surface area is 113 Å². The van der Waals surface area contributed by atoms with Crippen molar-refractivity contribution in [3.8, 4) is 0 Å². The fourth-order valence-corrected chi connectivity index (χ4v) is 5.41. The van der Waals surface area contributed by atoms with Crippen LogP contribution in [0.5, 0.6) is 0 Å². The van der Waals surface area contributed by atoms with Crippen LogP contribution in [0.1, 0.15) is 70.6 Å². The summed E-state index contributed by atoms with van der Waals surface area (Å²) >= 11 is 0. The van der Waals surface area contributed by atoms with Gasteiger partial charge in [-0.1, -0.05) is 38.5 Å². The van der Waals surface area contributed by atoms with E-state index in [4.69, 9.17) is 0 Å². The molecule has 0 aromatic carbocycles. The summed E-state index contributed by atoms with van der Waals surface area (Å²) in [4.78, 5) is 0. The van der Waals surface area contributed by atoms with Crippen molar-refractivity contribution in [2.75, 3.05) is 7.05 Å². The maximum Gasteiger partial charge on any atom is 0.0121 e. The van der Waals surface area contributed by atoms with E-state index >= 15 is 0 Å². The summed E-state index contributed by atoms with van der Waals surface area (Å²) in [6, 6.07) is 0.843. The second kappa shape index (κ2) is 5.94. The molecule has 0 spiro atoms. The zero-order valence-corrected chi connectivity index (χ0v) is 12.2. The molecule has 0 amide bonds. The molecule has 4 atom stereocenters. The first-order valence-electron chi connectivity index (χ1n) is 8.55. The third kappa shape index (κ3) is 2.61. The van der Waals surface area contributed by atoms with Crippen LogP contribution in [0.4, 0.5) is 0 Å². The van der Waals surface area contributed by atoms with Crippen molar-refractivity contribution in [2.45, 2.75) is 76.7 Å². The van der Waals surface area contributed by atoms with Crippen LogP contribution in [0.2, 0.25) is 0 Å². The summed E-state index contributed by atoms with van der Waals surface area (Å²) in [7, 11) is 2.22. The van der Waals surface area contributed by atoms with E-state index in [2.05, 4.69) is 12.4 Å². The van der Waals surface area contributed by atoms with Gasteiger partial charge < -0.3 is 5.32 Å². The van der Waals surface area contributed by atoms with E-state index in [1.807, 2.05) is 0 Å². The molecule has 18 heavy (non-hydrogen) atoms. The second-order valence-electron chi connectivity index (χ2n) is 7.24. The maximum atomic E-state index is 3.71. The van der Waals surface area contributed by atoms with Crippen molar-refractivity contribution in [3.63, 3.8) is 0 Å². The molecule has 0 radical (unpaired) electrons. The van der Waals surface area contributed by atoms with Gasteiger partial charge in [0.15, 0.2) is 0 Å². The second-order valence-corrected chi connectivity index (χ2v) is 7.24. The van der Waals surface area contributed by atoms with Gasteiger partial charge in [0.25, 0.3) is 0 Å². The molecule has 1 N–H and O–H groups in total. The number of hydrogen-bond acceptors (Lipinski definition) is 1. The monoisotopic (exact) mass is 249 g/mol. The topological polar surface area (TPSA) is 12.0 Å². The molecule has 1 nitrogen and oxygen atoms in total. The molecule has 0 aromatic heterocycles. The van der Waals surface area contributed by atoms with E-state index < -0.39 is 0 Å². The van der Waals surface area contributed by atoms with Gasteiger partial charge in [-0.05, 0) is 62.8 Å². The largest absolute Gasteiger partial charge is 0.316 e. The zero-order chi connectivity index (χ0) is 12.4. The summed E-state index contributed by atoms with van der Waals surface area (Å²) in [5, 5.41) is 3.71. The molecule has 3 aliphatic carbocycles. The van der Waals surface area contributed by atoms with E-state index in [0.29, 0.717) is 0 Å². The Hall–Kier alpha value is -0.0400. The summed E-state index contributed by atoms with van der Waals surface area (Å²) in [6.07, 6.45) is 16.7. The first-order valence-corrected chi connectivity index (χ1v) is 8.55. The van der Waals surface area contributed by atoms with Crippen LogP contribution < -0.4 is 5.32 Å². The van der Waals surface area contributed by atoms with Crippen molar-refractivity contribution in [3.05, 3.63) is 0 Å². The highest BCUT2D eigenvalue weighted by Gasteiger charge is 2.37. The lowest BCUT2D eigenvalue weighted by atomic mass is 9.65. The molecule has 0 bridgehead atoms. The van der Waals surface area contributed by atoms with E-state index in [0.717, 1.165) is 29.7 Å². The predicted octanol–water partition coefficient (Wildman–Crippen LogP) is 4.37. The molecular weight excluding hydrogens is 218 g/mol. The minimum atomic E-state index is 0.843. The third-order valence-electron chi connectivity index (χ3n) is 6.33. The highest BCUT2D eigenvalue weighted by molar-refractivity contribution is 4.91. The average molecular weight is 249 g/mol. The van der Waals surface area contributed by atoms with E-state index in [-0.39, 0.29) is 0 Å². The Morgan fingerprint density at radius 2 is 1.39 bits per heavy atom. The summed E-state index contributed by atoms with van der Waals surface area (Å²) in [5.74, 6) is 4.20. The van der Waals surface area contributed by atoms with Gasteiger partial charge in [0, 0.05) is 6.04 Å². The molecule has 104 valence electrons. The van der Waals surface area contributed by atoms with Gasteiger partial charge in [-0.2, -0.15) is 0 Å². The van der Waals surface area contributed by atoms with Crippen LogP contribution >= 0.6 is 0 Å². The molecule has 0 saturated heterocycles. The number of hydrogen-bond donors (Lipinski definition) is 1. The van der Waals surface area contributed by atoms with E-state index in [1.54, 1.807) is 25.7 Å². The Balaban J connectivity index is 1.61. The van der Waals surface area contributed by atoms with Crippen molar-refractivity contribution < 1.29 is 0 Å². The van der Waals surface area contributed by atoms with Crippen LogP contribution in [-0.4, -0.2) is 13.1 Å². The normalized spacial score (nSPS) is 39.5. The lowest BCUT2D eigenvalue weighted by molar-refractivity contribution is 0.0959. The van der Waals surface area contributed by atoms with Gasteiger partial charge in [0.05, 0.1) is 0 Å². The Morgan fingerprint density at radius 1 is 0.722 bits per heavy atom. The lowest BCUT2D eigenvalue weighted by Gasteiger charge is -2.43. The first kappa shape index (κ1) is 13.0. The van der Waals surface area contributed by atoms with Gasteiger partial charge in [-0.3, -0.25) is 0 Å². The number of fused-ring (bicyclic) bond motifs is 1. The first-order chi connectivity index (χ1) is 8.88. The van der Waals surface area contributed by atoms with Crippen molar-refractivity contribution in [1.29, 1.82) is 0 Å². The standard InChI is InChI=1S/C17H31N/c1-18-17(14-7-3-4-8-14)16-11-10-13-6-2-5-9-15(13)12-16/h13-18H,2-12H2,1H3. The highest BCUT2D eigenvalue weighted by Crippen LogP contribution is 2.45. The minimum absolute atomic E-state index is 0.843. The van der Waals surface area contributed by atoms with Gasteiger partial charge in [-0.25, -0.2) is 0 Å². The molecule has 1 heteroatoms. The van der Waals surface area contributed by atoms with Crippen LogP contribution in [-0.2, 0) is 0 Å². The highest BCUT2D eigenvalue weighted by atomic mass is 14.9. The van der Waals surface area contributed by atoms with Crippen LogP contribution in [0, 0.1) is 23.7 Å². The molecule has 0 heterocycles. The summed E-state index contributed by atoms with van der Waals surface area (Å²) in [5.41, 5.74) is 0. The van der Waals surface area contributed by atoms with Crippen molar-refractivity contribution >= 4 is 0 Å². The fourth-order valence-electron chi connectivity index (χ4n) is 5.41. The van der Waals surface area contributed by atoms with Crippen LogP contribution in [0.15, 0.2) is 0 Å². The smallest absolute Gasteiger partial charge is 0.0121 e. The minimum Gasteiger partial charge on any atom is -0.316 e. The SMILES string of the molecule is CNC(C1CCCC1)C1CCC2CCCCC2C1. The number of rotatable bonds is 3. The molecule has 3 fully saturated rings. The molecule has 4 unspecified atom stereocenters. The lowest BCUT2D eigenvalue weighted by Crippen LogP contribution is -2.43. The molecular formula is C17H31N. The van der Waals surface area contributed by atoms with Gasteiger partial charge in [-0.15, -0.1) is 0 Å². The Morgan fingerprint density at radius 3 is 2.11 bits per heavy atom. The Kier molecular flexibility index (Phi) is 4.28. The molecule has 3 rings (SSSR count). The van der Waals surface area contributed by atoms with E-state index in [1.165, 1.54) is 44.9 Å². The predicted molar refractivity (Wildman–Crippen MR) is 77.6 cm³/mol. The van der Waals surface area contributed by atoms with Gasteiger partial charge in [0.1, 0.15) is 0 Å². The van der Waals surface area contributed by atoms with Crippen LogP contribution in [0.3, 0.4) is 0 Å². The molecule has 0 aromatic rings. The maximum absolute atomic E-state index is 3.71. The van der Waals surface area contributed by atoms with Crippen molar-refractivity contribution in [1.82, 2.24) is 5.32 Å². The zero-order valence-electron chi connectivity index (χ0n) is 12.2. The average Bonchev–Trinajstić information content (AvgIpc) is 2.93. The summed E-state index contributed by atoms with van der Waals surface area (Å²) in [6.45, 7) is 0. The van der Waals surface area contributed by atoms with Gasteiger partial charge >= 0.3 is 0 Å². The van der Waals surface area contributed by atoms with Gasteiger partial charge in [0.2, 0.25) is 0 Å².